The van der Waals surface area contributed by atoms with Crippen molar-refractivity contribution in [3.63, 3.8) is 0 Å². The van der Waals surface area contributed by atoms with Crippen LogP contribution >= 0.6 is 0 Å². The van der Waals surface area contributed by atoms with E-state index in [4.69, 9.17) is 9.84 Å². The van der Waals surface area contributed by atoms with Crippen LogP contribution in [0, 0.1) is 17.0 Å². The number of carboxylic acid groups (broad SMARTS) is 1. The van der Waals surface area contributed by atoms with Crippen molar-refractivity contribution in [2.75, 3.05) is 6.61 Å². The number of carbonyl (C=O) groups excluding carboxylic acids is 1. The molecular weight excluding hydrogens is 296 g/mol. The quantitative estimate of drug-likeness (QED) is 0.831. The van der Waals surface area contributed by atoms with E-state index < -0.39 is 41.1 Å². The van der Waals surface area contributed by atoms with Crippen molar-refractivity contribution in [2.24, 2.45) is 5.41 Å². The lowest BCUT2D eigenvalue weighted by molar-refractivity contribution is -0.149. The molecule has 0 aromatic heterocycles. The van der Waals surface area contributed by atoms with Gasteiger partial charge >= 0.3 is 5.97 Å². The standard InChI is InChI=1S/C15H15F2NO4/c16-9-2-1-8(7-10(9)17)12-11(3-6-22-12)18-13(19)15(4-5-15)14(20)21/h1-2,7,11-12H,3-6H2,(H,18,19)(H,20,21). The third-order valence-electron chi connectivity index (χ3n) is 4.27. The number of nitrogens with one attached hydrogen (secondary N) is 1. The van der Waals surface area contributed by atoms with E-state index in [1.165, 1.54) is 6.07 Å². The van der Waals surface area contributed by atoms with Crippen LogP contribution in [0.4, 0.5) is 8.78 Å². The second-order valence-corrected chi connectivity index (χ2v) is 5.72. The lowest BCUT2D eigenvalue weighted by atomic mass is 10.00. The van der Waals surface area contributed by atoms with E-state index in [1.54, 1.807) is 0 Å². The molecule has 22 heavy (non-hydrogen) atoms. The van der Waals surface area contributed by atoms with Crippen molar-refractivity contribution in [3.8, 4) is 0 Å². The molecule has 118 valence electrons. The van der Waals surface area contributed by atoms with Crippen LogP contribution in [0.1, 0.15) is 30.9 Å². The molecule has 0 radical (unpaired) electrons. The summed E-state index contributed by atoms with van der Waals surface area (Å²) in [6.45, 7) is 0.356. The number of amides is 1. The minimum absolute atomic E-state index is 0.317. The number of hydrogen-bond acceptors (Lipinski definition) is 3. The Labute approximate surface area is 125 Å². The molecule has 1 saturated heterocycles. The SMILES string of the molecule is O=C(O)C1(C(=O)NC2CCOC2c2ccc(F)c(F)c2)CC1. The molecule has 2 N–H and O–H groups in total. The Morgan fingerprint density at radius 3 is 2.59 bits per heavy atom. The monoisotopic (exact) mass is 311 g/mol. The van der Waals surface area contributed by atoms with Gasteiger partial charge in [0.25, 0.3) is 0 Å². The highest BCUT2D eigenvalue weighted by Crippen LogP contribution is 2.46. The topological polar surface area (TPSA) is 75.6 Å². The zero-order valence-electron chi connectivity index (χ0n) is 11.6. The molecule has 7 heteroatoms. The summed E-state index contributed by atoms with van der Waals surface area (Å²) in [6.07, 6.45) is 0.518. The van der Waals surface area contributed by atoms with Gasteiger partial charge in [0.05, 0.1) is 6.04 Å². The van der Waals surface area contributed by atoms with Crippen LogP contribution in [0.5, 0.6) is 0 Å². The summed E-state index contributed by atoms with van der Waals surface area (Å²) in [4.78, 5) is 23.3. The summed E-state index contributed by atoms with van der Waals surface area (Å²) in [7, 11) is 0. The number of halogens is 2. The number of ether oxygens (including phenoxy) is 1. The van der Waals surface area contributed by atoms with Crippen LogP contribution in [0.25, 0.3) is 0 Å². The maximum atomic E-state index is 13.3. The van der Waals surface area contributed by atoms with Gasteiger partial charge in [-0.3, -0.25) is 9.59 Å². The first-order valence-corrected chi connectivity index (χ1v) is 7.05. The van der Waals surface area contributed by atoms with Crippen LogP contribution in [-0.4, -0.2) is 29.6 Å². The molecule has 1 aromatic carbocycles. The van der Waals surface area contributed by atoms with Crippen LogP contribution < -0.4 is 5.32 Å². The molecule has 2 unspecified atom stereocenters. The molecule has 1 aliphatic carbocycles. The maximum absolute atomic E-state index is 13.3. The molecule has 0 spiro atoms. The van der Waals surface area contributed by atoms with Crippen molar-refractivity contribution in [1.29, 1.82) is 0 Å². The number of carboxylic acids is 1. The summed E-state index contributed by atoms with van der Waals surface area (Å²) in [5, 5.41) is 11.8. The van der Waals surface area contributed by atoms with Gasteiger partial charge in [-0.1, -0.05) is 6.07 Å². The Balaban J connectivity index is 1.75. The van der Waals surface area contributed by atoms with Gasteiger partial charge in [0, 0.05) is 6.61 Å². The number of hydrogen-bond donors (Lipinski definition) is 2. The van der Waals surface area contributed by atoms with Crippen molar-refractivity contribution in [2.45, 2.75) is 31.4 Å². The Morgan fingerprint density at radius 1 is 1.27 bits per heavy atom. The summed E-state index contributed by atoms with van der Waals surface area (Å²) in [6, 6.07) is 2.99. The van der Waals surface area contributed by atoms with Crippen molar-refractivity contribution in [1.82, 2.24) is 5.32 Å². The van der Waals surface area contributed by atoms with Gasteiger partial charge < -0.3 is 15.2 Å². The van der Waals surface area contributed by atoms with E-state index in [9.17, 15) is 18.4 Å². The van der Waals surface area contributed by atoms with Gasteiger partial charge in [-0.15, -0.1) is 0 Å². The first-order chi connectivity index (χ1) is 10.4. The van der Waals surface area contributed by atoms with Gasteiger partial charge in [0.2, 0.25) is 5.91 Å². The number of benzene rings is 1. The molecule has 1 amide bonds. The number of aliphatic carboxylic acids is 1. The smallest absolute Gasteiger partial charge is 0.319 e. The average Bonchev–Trinajstić information content (AvgIpc) is 3.18. The Morgan fingerprint density at radius 2 is 2.00 bits per heavy atom. The lowest BCUT2D eigenvalue weighted by Crippen LogP contribution is -2.44. The van der Waals surface area contributed by atoms with Crippen LogP contribution in [-0.2, 0) is 14.3 Å². The fourth-order valence-corrected chi connectivity index (χ4v) is 2.72. The summed E-state index contributed by atoms with van der Waals surface area (Å²) in [5.41, 5.74) is -0.914. The van der Waals surface area contributed by atoms with Crippen LogP contribution in [0.15, 0.2) is 18.2 Å². The molecule has 2 fully saturated rings. The van der Waals surface area contributed by atoms with Crippen LogP contribution in [0.3, 0.4) is 0 Å². The predicted molar refractivity (Wildman–Crippen MR) is 70.9 cm³/mol. The van der Waals surface area contributed by atoms with E-state index >= 15 is 0 Å². The van der Waals surface area contributed by atoms with Gasteiger partial charge in [0.1, 0.15) is 11.5 Å². The normalized spacial score (nSPS) is 25.7. The van der Waals surface area contributed by atoms with E-state index in [0.717, 1.165) is 12.1 Å². The number of carbonyl (C=O) groups is 2. The van der Waals surface area contributed by atoms with Gasteiger partial charge in [-0.25, -0.2) is 8.78 Å². The third-order valence-corrected chi connectivity index (χ3v) is 4.27. The van der Waals surface area contributed by atoms with Crippen LogP contribution in [0.2, 0.25) is 0 Å². The van der Waals surface area contributed by atoms with Crippen molar-refractivity contribution >= 4 is 11.9 Å². The van der Waals surface area contributed by atoms with E-state index in [2.05, 4.69) is 5.32 Å². The highest BCUT2D eigenvalue weighted by molar-refractivity contribution is 6.04. The Kier molecular flexibility index (Phi) is 3.60. The molecule has 3 rings (SSSR count). The van der Waals surface area contributed by atoms with Gasteiger partial charge in [-0.05, 0) is 37.0 Å². The fourth-order valence-electron chi connectivity index (χ4n) is 2.72. The first-order valence-electron chi connectivity index (χ1n) is 7.05. The minimum Gasteiger partial charge on any atom is -0.480 e. The maximum Gasteiger partial charge on any atom is 0.319 e. The average molecular weight is 311 g/mol. The first kappa shape index (κ1) is 14.9. The largest absolute Gasteiger partial charge is 0.480 e. The lowest BCUT2D eigenvalue weighted by Gasteiger charge is -2.22. The molecular formula is C15H15F2NO4. The predicted octanol–water partition coefficient (Wildman–Crippen LogP) is 1.78. The van der Waals surface area contributed by atoms with Crippen molar-refractivity contribution in [3.05, 3.63) is 35.4 Å². The summed E-state index contributed by atoms with van der Waals surface area (Å²) >= 11 is 0. The fraction of sp³-hybridized carbons (Fsp3) is 0.467. The molecule has 5 nitrogen and oxygen atoms in total. The highest BCUT2D eigenvalue weighted by atomic mass is 19.2. The zero-order valence-corrected chi connectivity index (χ0v) is 11.6. The van der Waals surface area contributed by atoms with E-state index in [1.807, 2.05) is 0 Å². The summed E-state index contributed by atoms with van der Waals surface area (Å²) < 4.78 is 31.8. The van der Waals surface area contributed by atoms with Gasteiger partial charge in [-0.2, -0.15) is 0 Å². The Hall–Kier alpha value is -2.02. The second-order valence-electron chi connectivity index (χ2n) is 5.72. The molecule has 1 saturated carbocycles. The van der Waals surface area contributed by atoms with Gasteiger partial charge in [0.15, 0.2) is 11.6 Å². The van der Waals surface area contributed by atoms with Crippen molar-refractivity contribution < 1.29 is 28.2 Å². The number of rotatable bonds is 4. The molecule has 1 heterocycles. The molecule has 2 aliphatic rings. The third kappa shape index (κ3) is 2.45. The molecule has 0 bridgehead atoms. The highest BCUT2D eigenvalue weighted by Gasteiger charge is 2.57. The second kappa shape index (κ2) is 5.31. The zero-order chi connectivity index (χ0) is 15.9. The Bertz CT molecular complexity index is 630. The molecule has 2 atom stereocenters. The molecule has 1 aliphatic heterocycles. The van der Waals surface area contributed by atoms with E-state index in [-0.39, 0.29) is 0 Å². The summed E-state index contributed by atoms with van der Waals surface area (Å²) in [5.74, 6) is -3.61. The minimum atomic E-state index is -1.33. The van der Waals surface area contributed by atoms with E-state index in [0.29, 0.717) is 31.4 Å². The molecule has 1 aromatic rings.